The maximum absolute atomic E-state index is 4.39. The van der Waals surface area contributed by atoms with E-state index in [0.717, 1.165) is 17.8 Å². The normalized spacial score (nSPS) is 10.6. The van der Waals surface area contributed by atoms with Gasteiger partial charge in [0.15, 0.2) is 0 Å². The molecule has 0 fully saturated rings. The van der Waals surface area contributed by atoms with Crippen LogP contribution in [0.2, 0.25) is 0 Å². The van der Waals surface area contributed by atoms with Gasteiger partial charge in [-0.25, -0.2) is 4.98 Å². The van der Waals surface area contributed by atoms with Crippen molar-refractivity contribution in [1.29, 1.82) is 0 Å². The number of aryl methyl sites for hydroxylation is 1. The summed E-state index contributed by atoms with van der Waals surface area (Å²) >= 11 is 0. The van der Waals surface area contributed by atoms with Crippen molar-refractivity contribution in [3.63, 3.8) is 0 Å². The summed E-state index contributed by atoms with van der Waals surface area (Å²) in [6.45, 7) is 2.11. The van der Waals surface area contributed by atoms with Gasteiger partial charge in [0.1, 0.15) is 5.65 Å². The lowest BCUT2D eigenvalue weighted by Gasteiger charge is -1.86. The second kappa shape index (κ2) is 2.38. The molecule has 0 aliphatic heterocycles. The van der Waals surface area contributed by atoms with Crippen molar-refractivity contribution < 1.29 is 0 Å². The molecule has 0 saturated heterocycles. The van der Waals surface area contributed by atoms with Crippen LogP contribution in [0.15, 0.2) is 30.6 Å². The van der Waals surface area contributed by atoms with E-state index in [1.165, 1.54) is 0 Å². The van der Waals surface area contributed by atoms with Crippen molar-refractivity contribution in [1.82, 2.24) is 9.38 Å². The van der Waals surface area contributed by atoms with Crippen LogP contribution in [0, 0.1) is 0 Å². The van der Waals surface area contributed by atoms with Gasteiger partial charge in [0.25, 0.3) is 0 Å². The fraction of sp³-hybridized carbons (Fsp3) is 0.222. The summed E-state index contributed by atoms with van der Waals surface area (Å²) in [5.74, 6) is 0. The standard InChI is InChI=1S/C9H10N2/c1-2-8-7-11-6-4-3-5-9(11)10-8/h3-7H,2H2,1H3. The van der Waals surface area contributed by atoms with Crippen LogP contribution in [0.25, 0.3) is 5.65 Å². The van der Waals surface area contributed by atoms with E-state index in [9.17, 15) is 0 Å². The van der Waals surface area contributed by atoms with E-state index >= 15 is 0 Å². The Kier molecular flexibility index (Phi) is 1.39. The first kappa shape index (κ1) is 6.40. The Bertz CT molecular complexity index is 329. The molecule has 0 amide bonds. The highest BCUT2D eigenvalue weighted by Crippen LogP contribution is 2.03. The molecule has 0 N–H and O–H groups in total. The van der Waals surface area contributed by atoms with E-state index in [-0.39, 0.29) is 0 Å². The molecule has 2 heterocycles. The lowest BCUT2D eigenvalue weighted by atomic mass is 10.4. The lowest BCUT2D eigenvalue weighted by molar-refractivity contribution is 1.07. The molecule has 2 aromatic rings. The maximum Gasteiger partial charge on any atom is 0.136 e. The lowest BCUT2D eigenvalue weighted by Crippen LogP contribution is -1.77. The van der Waals surface area contributed by atoms with Crippen LogP contribution in [0.3, 0.4) is 0 Å². The number of nitrogens with zero attached hydrogens (tertiary/aromatic N) is 2. The first-order chi connectivity index (χ1) is 5.40. The summed E-state index contributed by atoms with van der Waals surface area (Å²) in [5.41, 5.74) is 2.18. The summed E-state index contributed by atoms with van der Waals surface area (Å²) in [4.78, 5) is 4.39. The molecular weight excluding hydrogens is 136 g/mol. The van der Waals surface area contributed by atoms with Crippen molar-refractivity contribution in [2.24, 2.45) is 0 Å². The van der Waals surface area contributed by atoms with Gasteiger partial charge in [-0.15, -0.1) is 0 Å². The van der Waals surface area contributed by atoms with Gasteiger partial charge < -0.3 is 4.40 Å². The first-order valence-corrected chi connectivity index (χ1v) is 3.83. The molecule has 2 heteroatoms. The van der Waals surface area contributed by atoms with Crippen LogP contribution >= 0.6 is 0 Å². The molecule has 0 aliphatic carbocycles. The Hall–Kier alpha value is -1.31. The van der Waals surface area contributed by atoms with Crippen molar-refractivity contribution in [3.05, 3.63) is 36.3 Å². The molecule has 2 nitrogen and oxygen atoms in total. The Balaban J connectivity index is 2.69. The van der Waals surface area contributed by atoms with Gasteiger partial charge in [-0.2, -0.15) is 0 Å². The third-order valence-corrected chi connectivity index (χ3v) is 1.78. The topological polar surface area (TPSA) is 17.3 Å². The Morgan fingerprint density at radius 3 is 3.09 bits per heavy atom. The van der Waals surface area contributed by atoms with E-state index in [2.05, 4.69) is 18.1 Å². The van der Waals surface area contributed by atoms with Gasteiger partial charge in [0.05, 0.1) is 5.69 Å². The molecule has 56 valence electrons. The molecule has 0 atom stereocenters. The highest BCUT2D eigenvalue weighted by atomic mass is 15.0. The molecule has 0 saturated carbocycles. The minimum Gasteiger partial charge on any atom is -0.307 e. The molecule has 11 heavy (non-hydrogen) atoms. The highest BCUT2D eigenvalue weighted by molar-refractivity contribution is 5.39. The van der Waals surface area contributed by atoms with E-state index in [1.54, 1.807) is 0 Å². The Morgan fingerprint density at radius 1 is 1.45 bits per heavy atom. The third kappa shape index (κ3) is 1.00. The fourth-order valence-corrected chi connectivity index (χ4v) is 1.16. The van der Waals surface area contributed by atoms with Gasteiger partial charge in [0, 0.05) is 12.4 Å². The van der Waals surface area contributed by atoms with E-state index < -0.39 is 0 Å². The number of fused-ring (bicyclic) bond motifs is 1. The Morgan fingerprint density at radius 2 is 2.36 bits per heavy atom. The molecule has 0 bridgehead atoms. The van der Waals surface area contributed by atoms with Gasteiger partial charge in [0.2, 0.25) is 0 Å². The van der Waals surface area contributed by atoms with Crippen LogP contribution in [0.5, 0.6) is 0 Å². The average Bonchev–Trinajstić information content (AvgIpc) is 2.46. The molecule has 0 spiro atoms. The van der Waals surface area contributed by atoms with Gasteiger partial charge in [-0.05, 0) is 18.6 Å². The van der Waals surface area contributed by atoms with Crippen molar-refractivity contribution >= 4 is 5.65 Å². The summed E-state index contributed by atoms with van der Waals surface area (Å²) in [5, 5.41) is 0. The minimum absolute atomic E-state index is 1.00. The molecule has 0 radical (unpaired) electrons. The number of aromatic nitrogens is 2. The van der Waals surface area contributed by atoms with Crippen molar-refractivity contribution in [3.8, 4) is 0 Å². The Labute approximate surface area is 65.5 Å². The SMILES string of the molecule is CCc1cn2ccccc2n1. The summed E-state index contributed by atoms with van der Waals surface area (Å²) in [6.07, 6.45) is 5.08. The van der Waals surface area contributed by atoms with Crippen LogP contribution in [0.4, 0.5) is 0 Å². The summed E-state index contributed by atoms with van der Waals surface area (Å²) in [6, 6.07) is 6.02. The molecule has 0 unspecified atom stereocenters. The maximum atomic E-state index is 4.39. The molecular formula is C9H10N2. The zero-order valence-electron chi connectivity index (χ0n) is 6.49. The molecule has 0 aromatic carbocycles. The van der Waals surface area contributed by atoms with Crippen LogP contribution < -0.4 is 0 Å². The number of hydrogen-bond donors (Lipinski definition) is 0. The largest absolute Gasteiger partial charge is 0.307 e. The van der Waals surface area contributed by atoms with E-state index in [0.29, 0.717) is 0 Å². The van der Waals surface area contributed by atoms with E-state index in [4.69, 9.17) is 0 Å². The zero-order chi connectivity index (χ0) is 7.68. The van der Waals surface area contributed by atoms with E-state index in [1.807, 2.05) is 28.8 Å². The van der Waals surface area contributed by atoms with Gasteiger partial charge in [-0.3, -0.25) is 0 Å². The monoisotopic (exact) mass is 146 g/mol. The molecule has 2 aromatic heterocycles. The van der Waals surface area contributed by atoms with Crippen molar-refractivity contribution in [2.75, 3.05) is 0 Å². The summed E-state index contributed by atoms with van der Waals surface area (Å²) < 4.78 is 2.04. The smallest absolute Gasteiger partial charge is 0.136 e. The molecule has 2 rings (SSSR count). The minimum atomic E-state index is 1.00. The predicted octanol–water partition coefficient (Wildman–Crippen LogP) is 1.90. The number of rotatable bonds is 1. The van der Waals surface area contributed by atoms with Gasteiger partial charge >= 0.3 is 0 Å². The second-order valence-corrected chi connectivity index (χ2v) is 2.55. The number of pyridine rings is 1. The van der Waals surface area contributed by atoms with Crippen LogP contribution in [-0.2, 0) is 6.42 Å². The first-order valence-electron chi connectivity index (χ1n) is 3.83. The average molecular weight is 146 g/mol. The third-order valence-electron chi connectivity index (χ3n) is 1.78. The predicted molar refractivity (Wildman–Crippen MR) is 44.6 cm³/mol. The zero-order valence-corrected chi connectivity index (χ0v) is 6.49. The quantitative estimate of drug-likeness (QED) is 0.600. The fourth-order valence-electron chi connectivity index (χ4n) is 1.16. The highest BCUT2D eigenvalue weighted by Gasteiger charge is 1.95. The van der Waals surface area contributed by atoms with Crippen LogP contribution in [0.1, 0.15) is 12.6 Å². The molecule has 0 aliphatic rings. The number of imidazole rings is 1. The second-order valence-electron chi connectivity index (χ2n) is 2.55. The van der Waals surface area contributed by atoms with Crippen molar-refractivity contribution in [2.45, 2.75) is 13.3 Å². The number of hydrogen-bond acceptors (Lipinski definition) is 1. The van der Waals surface area contributed by atoms with Gasteiger partial charge in [-0.1, -0.05) is 13.0 Å². The summed E-state index contributed by atoms with van der Waals surface area (Å²) in [7, 11) is 0. The van der Waals surface area contributed by atoms with Crippen LogP contribution in [-0.4, -0.2) is 9.38 Å².